The van der Waals surface area contributed by atoms with Crippen molar-refractivity contribution in [1.29, 1.82) is 0 Å². The highest BCUT2D eigenvalue weighted by Crippen LogP contribution is 2.32. The predicted octanol–water partition coefficient (Wildman–Crippen LogP) is 5.33. The molecular formula is C21H14ClF3N4O2. The Morgan fingerprint density at radius 3 is 2.35 bits per heavy atom. The maximum atomic E-state index is 13.7. The number of halogens is 4. The number of hydrogen-bond acceptors (Lipinski definition) is 4. The number of nitrogens with one attached hydrogen (secondary N) is 1. The second kappa shape index (κ2) is 7.92. The van der Waals surface area contributed by atoms with E-state index in [2.05, 4.69) is 15.4 Å². The third-order valence-electron chi connectivity index (χ3n) is 4.44. The van der Waals surface area contributed by atoms with Crippen LogP contribution in [0.3, 0.4) is 0 Å². The zero-order valence-corrected chi connectivity index (χ0v) is 16.7. The third-order valence-corrected chi connectivity index (χ3v) is 4.69. The second-order valence-electron chi connectivity index (χ2n) is 6.51. The molecule has 0 radical (unpaired) electrons. The molecule has 1 N–H and O–H groups in total. The van der Waals surface area contributed by atoms with Gasteiger partial charge < -0.3 is 10.1 Å². The van der Waals surface area contributed by atoms with Crippen molar-refractivity contribution < 1.29 is 22.7 Å². The number of nitrogens with zero attached hydrogens (tertiary/aromatic N) is 3. The lowest BCUT2D eigenvalue weighted by atomic mass is 10.1. The van der Waals surface area contributed by atoms with Gasteiger partial charge in [0.1, 0.15) is 5.75 Å². The molecular weight excluding hydrogens is 433 g/mol. The number of ether oxygens (including phenoxy) is 1. The van der Waals surface area contributed by atoms with Crippen molar-refractivity contribution in [3.8, 4) is 17.0 Å². The molecule has 0 aliphatic heterocycles. The van der Waals surface area contributed by atoms with E-state index in [9.17, 15) is 18.0 Å². The molecule has 4 aromatic rings. The summed E-state index contributed by atoms with van der Waals surface area (Å²) >= 11 is 5.85. The third kappa shape index (κ3) is 4.31. The molecule has 0 saturated heterocycles. The van der Waals surface area contributed by atoms with E-state index in [1.807, 2.05) is 0 Å². The van der Waals surface area contributed by atoms with Crippen LogP contribution in [0.4, 0.5) is 18.9 Å². The number of carbonyl (C=O) groups excluding carboxylic acids is 1. The quantitative estimate of drug-likeness (QED) is 0.460. The molecule has 6 nitrogen and oxygen atoms in total. The monoisotopic (exact) mass is 446 g/mol. The largest absolute Gasteiger partial charge is 0.497 e. The minimum Gasteiger partial charge on any atom is -0.497 e. The van der Waals surface area contributed by atoms with Crippen LogP contribution in [-0.4, -0.2) is 27.6 Å². The summed E-state index contributed by atoms with van der Waals surface area (Å²) in [6.45, 7) is 0. The Balaban J connectivity index is 1.74. The lowest BCUT2D eigenvalue weighted by Gasteiger charge is -2.11. The topological polar surface area (TPSA) is 68.5 Å². The Morgan fingerprint density at radius 2 is 1.74 bits per heavy atom. The number of carbonyl (C=O) groups is 1. The van der Waals surface area contributed by atoms with Crippen LogP contribution >= 0.6 is 11.6 Å². The summed E-state index contributed by atoms with van der Waals surface area (Å²) in [4.78, 5) is 16.8. The van der Waals surface area contributed by atoms with Gasteiger partial charge in [0, 0.05) is 22.3 Å². The molecule has 2 aromatic carbocycles. The molecule has 0 aliphatic carbocycles. The van der Waals surface area contributed by atoms with Crippen molar-refractivity contribution in [2.24, 2.45) is 0 Å². The van der Waals surface area contributed by atoms with Gasteiger partial charge in [-0.1, -0.05) is 23.7 Å². The van der Waals surface area contributed by atoms with Gasteiger partial charge in [-0.25, -0.2) is 9.50 Å². The number of benzene rings is 2. The number of alkyl halides is 3. The zero-order chi connectivity index (χ0) is 22.2. The van der Waals surface area contributed by atoms with Gasteiger partial charge in [0.15, 0.2) is 17.0 Å². The summed E-state index contributed by atoms with van der Waals surface area (Å²) in [5.74, 6) is -0.0729. The summed E-state index contributed by atoms with van der Waals surface area (Å²) in [6.07, 6.45) is -4.71. The molecule has 31 heavy (non-hydrogen) atoms. The molecule has 0 atom stereocenters. The predicted molar refractivity (Wildman–Crippen MR) is 109 cm³/mol. The van der Waals surface area contributed by atoms with E-state index in [1.54, 1.807) is 48.5 Å². The van der Waals surface area contributed by atoms with Crippen molar-refractivity contribution >= 4 is 28.8 Å². The Kier molecular flexibility index (Phi) is 5.28. The van der Waals surface area contributed by atoms with Crippen molar-refractivity contribution in [2.45, 2.75) is 6.18 Å². The Bertz CT molecular complexity index is 1250. The molecule has 1 amide bonds. The van der Waals surface area contributed by atoms with Gasteiger partial charge in [-0.3, -0.25) is 4.79 Å². The fraction of sp³-hybridized carbons (Fsp3) is 0.0952. The molecule has 0 unspecified atom stereocenters. The average molecular weight is 447 g/mol. The van der Waals surface area contributed by atoms with E-state index in [-0.39, 0.29) is 17.0 Å². The Labute approximate surface area is 179 Å². The first-order chi connectivity index (χ1) is 14.7. The van der Waals surface area contributed by atoms with Gasteiger partial charge in [-0.05, 0) is 42.5 Å². The summed E-state index contributed by atoms with van der Waals surface area (Å²) in [5, 5.41) is 6.87. The van der Waals surface area contributed by atoms with Crippen LogP contribution in [0.1, 0.15) is 16.2 Å². The molecule has 0 fully saturated rings. The molecule has 0 saturated carbocycles. The standard InChI is InChI=1S/C21H14ClF3N4O2/c1-31-15-8-6-14(7-9-15)26-20(30)17-11-19-27-16(12-2-4-13(22)5-3-12)10-18(21(23,24)25)29(19)28-17/h2-11H,1H3,(H,26,30). The van der Waals surface area contributed by atoms with Crippen molar-refractivity contribution in [3.63, 3.8) is 0 Å². The van der Waals surface area contributed by atoms with Gasteiger partial charge in [-0.15, -0.1) is 0 Å². The number of aromatic nitrogens is 3. The van der Waals surface area contributed by atoms with E-state index >= 15 is 0 Å². The molecule has 2 heterocycles. The van der Waals surface area contributed by atoms with Crippen molar-refractivity contribution in [2.75, 3.05) is 12.4 Å². The van der Waals surface area contributed by atoms with E-state index in [1.165, 1.54) is 13.2 Å². The van der Waals surface area contributed by atoms with Gasteiger partial charge in [-0.2, -0.15) is 18.3 Å². The Hall–Kier alpha value is -3.59. The summed E-state index contributed by atoms with van der Waals surface area (Å²) < 4.78 is 46.7. The summed E-state index contributed by atoms with van der Waals surface area (Å²) in [6, 6.07) is 14.8. The zero-order valence-electron chi connectivity index (χ0n) is 15.9. The molecule has 0 aliphatic rings. The van der Waals surface area contributed by atoms with E-state index in [4.69, 9.17) is 16.3 Å². The molecule has 158 valence electrons. The highest BCUT2D eigenvalue weighted by molar-refractivity contribution is 6.30. The van der Waals surface area contributed by atoms with Gasteiger partial charge in [0.05, 0.1) is 12.8 Å². The van der Waals surface area contributed by atoms with Crippen molar-refractivity contribution in [1.82, 2.24) is 14.6 Å². The fourth-order valence-electron chi connectivity index (χ4n) is 2.93. The first kappa shape index (κ1) is 20.7. The van der Waals surface area contributed by atoms with Crippen molar-refractivity contribution in [3.05, 3.63) is 77.1 Å². The maximum Gasteiger partial charge on any atom is 0.433 e. The van der Waals surface area contributed by atoms with Crippen LogP contribution in [0, 0.1) is 0 Å². The number of rotatable bonds is 4. The fourth-order valence-corrected chi connectivity index (χ4v) is 3.05. The lowest BCUT2D eigenvalue weighted by Crippen LogP contribution is -2.15. The number of fused-ring (bicyclic) bond motifs is 1. The molecule has 4 rings (SSSR count). The number of hydrogen-bond donors (Lipinski definition) is 1. The highest BCUT2D eigenvalue weighted by atomic mass is 35.5. The van der Waals surface area contributed by atoms with Crippen LogP contribution in [0.25, 0.3) is 16.9 Å². The Morgan fingerprint density at radius 1 is 1.06 bits per heavy atom. The lowest BCUT2D eigenvalue weighted by molar-refractivity contribution is -0.142. The normalized spacial score (nSPS) is 11.5. The van der Waals surface area contributed by atoms with Gasteiger partial charge >= 0.3 is 6.18 Å². The van der Waals surface area contributed by atoms with Crippen LogP contribution in [0.15, 0.2) is 60.7 Å². The van der Waals surface area contributed by atoms with Crippen LogP contribution in [0.5, 0.6) is 5.75 Å². The molecule has 2 aromatic heterocycles. The minimum absolute atomic E-state index is 0.0819. The first-order valence-corrected chi connectivity index (χ1v) is 9.32. The molecule has 0 spiro atoms. The SMILES string of the molecule is COc1ccc(NC(=O)c2cc3nc(-c4ccc(Cl)cc4)cc(C(F)(F)F)n3n2)cc1. The van der Waals surface area contributed by atoms with E-state index < -0.39 is 17.8 Å². The van der Waals surface area contributed by atoms with E-state index in [0.717, 1.165) is 6.07 Å². The second-order valence-corrected chi connectivity index (χ2v) is 6.95. The van der Waals surface area contributed by atoms with Gasteiger partial charge in [0.25, 0.3) is 5.91 Å². The van der Waals surface area contributed by atoms with E-state index in [0.29, 0.717) is 26.5 Å². The number of methoxy groups -OCH3 is 1. The highest BCUT2D eigenvalue weighted by Gasteiger charge is 2.35. The van der Waals surface area contributed by atoms with Crippen LogP contribution in [0.2, 0.25) is 5.02 Å². The average Bonchev–Trinajstić information content (AvgIpc) is 3.17. The van der Waals surface area contributed by atoms with Crippen LogP contribution < -0.4 is 10.1 Å². The van der Waals surface area contributed by atoms with Crippen LogP contribution in [-0.2, 0) is 6.18 Å². The number of anilines is 1. The molecule has 0 bridgehead atoms. The maximum absolute atomic E-state index is 13.7. The number of amides is 1. The van der Waals surface area contributed by atoms with Gasteiger partial charge in [0.2, 0.25) is 0 Å². The summed E-state index contributed by atoms with van der Waals surface area (Å²) in [5.41, 5.74) is -0.400. The smallest absolute Gasteiger partial charge is 0.433 e. The first-order valence-electron chi connectivity index (χ1n) is 8.94. The minimum atomic E-state index is -4.71. The summed E-state index contributed by atoms with van der Waals surface area (Å²) in [7, 11) is 1.51. The molecule has 10 heteroatoms.